The fourth-order valence-electron chi connectivity index (χ4n) is 6.67. The molecule has 9 nitrogen and oxygen atoms in total. The number of nitrogens with one attached hydrogen (secondary N) is 1. The van der Waals surface area contributed by atoms with Crippen LogP contribution in [-0.2, 0) is 9.53 Å². The molecule has 0 radical (unpaired) electrons. The van der Waals surface area contributed by atoms with Gasteiger partial charge in [0.1, 0.15) is 28.6 Å². The number of halogens is 2. The molecule has 3 fully saturated rings. The van der Waals surface area contributed by atoms with Gasteiger partial charge >= 0.3 is 12.0 Å². The van der Waals surface area contributed by atoms with Gasteiger partial charge in [-0.2, -0.15) is 9.97 Å². The van der Waals surface area contributed by atoms with E-state index >= 15 is 4.39 Å². The molecule has 2 unspecified atom stereocenters. The third kappa shape index (κ3) is 5.18. The van der Waals surface area contributed by atoms with Gasteiger partial charge in [0.05, 0.1) is 18.1 Å². The lowest BCUT2D eigenvalue weighted by molar-refractivity contribution is -0.136. The zero-order valence-electron chi connectivity index (χ0n) is 24.2. The zero-order valence-corrected chi connectivity index (χ0v) is 24.2. The van der Waals surface area contributed by atoms with E-state index in [2.05, 4.69) is 31.1 Å². The summed E-state index contributed by atoms with van der Waals surface area (Å²) in [6.45, 7) is 2.65. The fourth-order valence-corrected chi connectivity index (χ4v) is 6.67. The SMILES string of the molecule is C#Cc1c(F)ccc2cc(OC(=O)CC3CCOCC3)cc(-c3ncc4c(N5CC6CCC(C5)N6)nc(OC)nc4c3F)c12. The molecular formula is C33H31F2N5O4. The van der Waals surface area contributed by atoms with Crippen LogP contribution in [0.2, 0.25) is 0 Å². The summed E-state index contributed by atoms with van der Waals surface area (Å²) in [5.41, 5.74) is 0.0363. The number of nitrogens with zero attached hydrogens (tertiary/aromatic N) is 4. The number of hydrogen-bond donors (Lipinski definition) is 1. The summed E-state index contributed by atoms with van der Waals surface area (Å²) in [7, 11) is 1.43. The Kier molecular flexibility index (Phi) is 7.48. The maximum Gasteiger partial charge on any atom is 0.318 e. The summed E-state index contributed by atoms with van der Waals surface area (Å²) in [4.78, 5) is 28.5. The number of piperazine rings is 1. The van der Waals surface area contributed by atoms with Crippen LogP contribution in [0.15, 0.2) is 30.5 Å². The molecule has 1 N–H and O–H groups in total. The lowest BCUT2D eigenvalue weighted by Gasteiger charge is -2.34. The zero-order chi connectivity index (χ0) is 30.4. The maximum absolute atomic E-state index is 16.6. The molecule has 3 aliphatic heterocycles. The van der Waals surface area contributed by atoms with Crippen LogP contribution in [-0.4, -0.2) is 66.4 Å². The molecule has 0 aliphatic carbocycles. The van der Waals surface area contributed by atoms with Gasteiger partial charge in [-0.1, -0.05) is 12.0 Å². The van der Waals surface area contributed by atoms with Crippen molar-refractivity contribution in [2.45, 2.75) is 44.2 Å². The van der Waals surface area contributed by atoms with Crippen molar-refractivity contribution in [3.8, 4) is 35.4 Å². The Morgan fingerprint density at radius 2 is 1.91 bits per heavy atom. The Morgan fingerprint density at radius 3 is 2.64 bits per heavy atom. The Bertz CT molecular complexity index is 1810. The quantitative estimate of drug-likeness (QED) is 0.191. The van der Waals surface area contributed by atoms with Crippen molar-refractivity contribution in [1.29, 1.82) is 0 Å². The van der Waals surface area contributed by atoms with Crippen molar-refractivity contribution in [3.63, 3.8) is 0 Å². The number of fused-ring (bicyclic) bond motifs is 4. The molecule has 4 aromatic rings. The smallest absolute Gasteiger partial charge is 0.318 e. The summed E-state index contributed by atoms with van der Waals surface area (Å²) >= 11 is 0. The first-order valence-corrected chi connectivity index (χ1v) is 14.8. The second kappa shape index (κ2) is 11.6. The number of rotatable bonds is 6. The average Bonchev–Trinajstić information content (AvgIpc) is 3.37. The largest absolute Gasteiger partial charge is 0.467 e. The third-order valence-corrected chi connectivity index (χ3v) is 8.81. The summed E-state index contributed by atoms with van der Waals surface area (Å²) in [6.07, 6.45) is 11.2. The number of hydrogen-bond acceptors (Lipinski definition) is 9. The third-order valence-electron chi connectivity index (χ3n) is 8.81. The second-order valence-corrected chi connectivity index (χ2v) is 11.6. The number of benzene rings is 2. The molecule has 5 heterocycles. The fraction of sp³-hybridized carbons (Fsp3) is 0.394. The van der Waals surface area contributed by atoms with E-state index in [0.717, 1.165) is 25.7 Å². The molecule has 3 saturated heterocycles. The van der Waals surface area contributed by atoms with Crippen molar-refractivity contribution in [1.82, 2.24) is 20.3 Å². The molecule has 0 spiro atoms. The van der Waals surface area contributed by atoms with Crippen LogP contribution < -0.4 is 19.7 Å². The van der Waals surface area contributed by atoms with E-state index in [1.165, 1.54) is 31.5 Å². The maximum atomic E-state index is 16.6. The number of carbonyl (C=O) groups excluding carboxylic acids is 1. The van der Waals surface area contributed by atoms with Gasteiger partial charge in [0.25, 0.3) is 0 Å². The van der Waals surface area contributed by atoms with Crippen molar-refractivity contribution in [3.05, 3.63) is 47.7 Å². The van der Waals surface area contributed by atoms with E-state index in [1.54, 1.807) is 6.07 Å². The summed E-state index contributed by atoms with van der Waals surface area (Å²) < 4.78 is 48.1. The first-order chi connectivity index (χ1) is 21.4. The first-order valence-electron chi connectivity index (χ1n) is 14.8. The molecule has 44 heavy (non-hydrogen) atoms. The van der Waals surface area contributed by atoms with E-state index in [0.29, 0.717) is 55.0 Å². The summed E-state index contributed by atoms with van der Waals surface area (Å²) in [6, 6.07) is 6.50. The number of anilines is 1. The van der Waals surface area contributed by atoms with Gasteiger partial charge in [-0.15, -0.1) is 6.42 Å². The predicted octanol–water partition coefficient (Wildman–Crippen LogP) is 4.78. The molecule has 7 rings (SSSR count). The highest BCUT2D eigenvalue weighted by Crippen LogP contribution is 2.39. The van der Waals surface area contributed by atoms with E-state index < -0.39 is 17.6 Å². The highest BCUT2D eigenvalue weighted by Gasteiger charge is 2.34. The molecule has 2 bridgehead atoms. The molecule has 2 atom stereocenters. The van der Waals surface area contributed by atoms with E-state index in [9.17, 15) is 9.18 Å². The molecular weight excluding hydrogens is 568 g/mol. The number of methoxy groups -OCH3 is 1. The van der Waals surface area contributed by atoms with Crippen molar-refractivity contribution in [2.24, 2.45) is 5.92 Å². The van der Waals surface area contributed by atoms with Crippen LogP contribution in [0.3, 0.4) is 0 Å². The van der Waals surface area contributed by atoms with Crippen LogP contribution in [0.4, 0.5) is 14.6 Å². The van der Waals surface area contributed by atoms with Crippen LogP contribution in [0.5, 0.6) is 11.8 Å². The molecule has 226 valence electrons. The second-order valence-electron chi connectivity index (χ2n) is 11.6. The minimum Gasteiger partial charge on any atom is -0.467 e. The first kappa shape index (κ1) is 28.4. The van der Waals surface area contributed by atoms with Crippen LogP contribution in [0.25, 0.3) is 32.9 Å². The van der Waals surface area contributed by atoms with Gasteiger partial charge in [-0.25, -0.2) is 8.78 Å². The van der Waals surface area contributed by atoms with Gasteiger partial charge in [-0.3, -0.25) is 9.78 Å². The standard InChI is InChI=1S/C33H31F2N5O4/c1-3-23-26(34)7-4-19-13-22(44-27(41)12-18-8-10-43-11-9-18)14-24(28(19)23)30-29(35)31-25(15-36-30)32(39-33(38-31)42-2)40-16-20-5-6-21(17-40)37-20/h1,4,7,13-15,18,20-21,37H,5-6,8-12,16-17H2,2H3. The van der Waals surface area contributed by atoms with Gasteiger partial charge in [0.2, 0.25) is 0 Å². The number of ether oxygens (including phenoxy) is 3. The van der Waals surface area contributed by atoms with E-state index in [1.807, 2.05) is 0 Å². The number of esters is 1. The van der Waals surface area contributed by atoms with Gasteiger partial charge < -0.3 is 24.4 Å². The van der Waals surface area contributed by atoms with Gasteiger partial charge in [0, 0.05) is 62.0 Å². The normalized spacial score (nSPS) is 20.2. The monoisotopic (exact) mass is 599 g/mol. The highest BCUT2D eigenvalue weighted by molar-refractivity contribution is 6.03. The van der Waals surface area contributed by atoms with Gasteiger partial charge in [-0.05, 0) is 55.2 Å². The molecule has 2 aromatic heterocycles. The van der Waals surface area contributed by atoms with Crippen molar-refractivity contribution >= 4 is 33.5 Å². The summed E-state index contributed by atoms with van der Waals surface area (Å²) in [5, 5.41) is 4.78. The van der Waals surface area contributed by atoms with Gasteiger partial charge in [0.15, 0.2) is 5.82 Å². The topological polar surface area (TPSA) is 98.7 Å². The number of carbonyl (C=O) groups is 1. The predicted molar refractivity (Wildman–Crippen MR) is 161 cm³/mol. The van der Waals surface area contributed by atoms with Crippen LogP contribution >= 0.6 is 0 Å². The molecule has 3 aliphatic rings. The number of aromatic nitrogens is 3. The average molecular weight is 600 g/mol. The molecule has 0 amide bonds. The van der Waals surface area contributed by atoms with Crippen molar-refractivity contribution < 1.29 is 27.8 Å². The highest BCUT2D eigenvalue weighted by atomic mass is 19.1. The Morgan fingerprint density at radius 1 is 1.14 bits per heavy atom. The van der Waals surface area contributed by atoms with Crippen molar-refractivity contribution in [2.75, 3.05) is 38.3 Å². The van der Waals surface area contributed by atoms with Crippen LogP contribution in [0, 0.1) is 29.9 Å². The number of terminal acetylenes is 1. The molecule has 0 saturated carbocycles. The lowest BCUT2D eigenvalue weighted by Crippen LogP contribution is -2.51. The minimum absolute atomic E-state index is 0.0106. The Labute approximate surface area is 252 Å². The Balaban J connectivity index is 1.35. The summed E-state index contributed by atoms with van der Waals surface area (Å²) in [5.74, 6) is 1.48. The Hall–Kier alpha value is -4.40. The number of pyridine rings is 1. The van der Waals surface area contributed by atoms with E-state index in [4.69, 9.17) is 20.6 Å². The molecule has 11 heteroatoms. The van der Waals surface area contributed by atoms with E-state index in [-0.39, 0.29) is 51.8 Å². The molecule has 2 aromatic carbocycles. The van der Waals surface area contributed by atoms with Crippen LogP contribution in [0.1, 0.15) is 37.7 Å². The lowest BCUT2D eigenvalue weighted by atomic mass is 9.95. The minimum atomic E-state index is -0.748.